The van der Waals surface area contributed by atoms with E-state index in [0.29, 0.717) is 32.6 Å². The minimum absolute atomic E-state index is 0.142. The maximum atomic E-state index is 12.2. The molecule has 2 heterocycles. The van der Waals surface area contributed by atoms with Gasteiger partial charge in [0.05, 0.1) is 0 Å². The number of nitrogens with zero attached hydrogens (tertiary/aromatic N) is 4. The highest BCUT2D eigenvalue weighted by atomic mass is 32.2. The smallest absolute Gasteiger partial charge is 0.281 e. The third-order valence-corrected chi connectivity index (χ3v) is 6.16. The van der Waals surface area contributed by atoms with Crippen LogP contribution in [0.3, 0.4) is 0 Å². The third kappa shape index (κ3) is 4.15. The summed E-state index contributed by atoms with van der Waals surface area (Å²) in [6.45, 7) is 4.78. The minimum Gasteiger partial charge on any atom is -0.340 e. The highest BCUT2D eigenvalue weighted by Gasteiger charge is 2.30. The van der Waals surface area contributed by atoms with E-state index >= 15 is 0 Å². The van der Waals surface area contributed by atoms with Crippen molar-refractivity contribution in [3.05, 3.63) is 0 Å². The van der Waals surface area contributed by atoms with E-state index in [2.05, 4.69) is 4.90 Å². The van der Waals surface area contributed by atoms with Crippen LogP contribution in [0.2, 0.25) is 0 Å². The van der Waals surface area contributed by atoms with Gasteiger partial charge in [0.2, 0.25) is 5.91 Å². The van der Waals surface area contributed by atoms with E-state index in [1.165, 1.54) is 35.5 Å². The molecule has 2 saturated heterocycles. The van der Waals surface area contributed by atoms with Crippen molar-refractivity contribution in [2.75, 3.05) is 59.9 Å². The fourth-order valence-corrected chi connectivity index (χ4v) is 3.90. The fourth-order valence-electron chi connectivity index (χ4n) is 2.82. The van der Waals surface area contributed by atoms with Crippen LogP contribution in [0, 0.1) is 0 Å². The number of hydrogen-bond donors (Lipinski definition) is 0. The van der Waals surface area contributed by atoms with Gasteiger partial charge in [-0.15, -0.1) is 0 Å². The summed E-state index contributed by atoms with van der Waals surface area (Å²) in [6, 6.07) is 0. The van der Waals surface area contributed by atoms with Crippen LogP contribution in [0.4, 0.5) is 0 Å². The van der Waals surface area contributed by atoms with Crippen LogP contribution in [0.5, 0.6) is 0 Å². The van der Waals surface area contributed by atoms with Crippen LogP contribution in [0.1, 0.15) is 19.3 Å². The molecule has 21 heavy (non-hydrogen) atoms. The van der Waals surface area contributed by atoms with E-state index in [1.807, 2.05) is 0 Å². The van der Waals surface area contributed by atoms with Gasteiger partial charge in [-0.3, -0.25) is 4.79 Å². The molecule has 0 aromatic heterocycles. The molecule has 2 aliphatic heterocycles. The molecule has 8 heteroatoms. The first-order valence-corrected chi connectivity index (χ1v) is 8.98. The molecule has 0 aliphatic carbocycles. The van der Waals surface area contributed by atoms with Gasteiger partial charge in [-0.2, -0.15) is 17.0 Å². The van der Waals surface area contributed by atoms with Crippen molar-refractivity contribution in [2.45, 2.75) is 19.3 Å². The Morgan fingerprint density at radius 3 is 2.10 bits per heavy atom. The fraction of sp³-hybridized carbons (Fsp3) is 0.923. The lowest BCUT2D eigenvalue weighted by Gasteiger charge is -2.35. The van der Waals surface area contributed by atoms with Crippen molar-refractivity contribution in [1.82, 2.24) is 18.4 Å². The van der Waals surface area contributed by atoms with Crippen LogP contribution in [0.15, 0.2) is 0 Å². The quantitative estimate of drug-likeness (QED) is 0.680. The lowest BCUT2D eigenvalue weighted by molar-refractivity contribution is -0.132. The SMILES string of the molecule is CN(C)S(=O)(=O)N1CCN(C(=O)CCN2CCCC2)CC1. The minimum atomic E-state index is -3.35. The molecule has 0 atom stereocenters. The molecule has 0 N–H and O–H groups in total. The van der Waals surface area contributed by atoms with Gasteiger partial charge in [-0.1, -0.05) is 0 Å². The van der Waals surface area contributed by atoms with E-state index in [1.54, 1.807) is 4.90 Å². The molecule has 7 nitrogen and oxygen atoms in total. The Balaban J connectivity index is 1.76. The van der Waals surface area contributed by atoms with Crippen LogP contribution in [-0.2, 0) is 15.0 Å². The first-order valence-electron chi connectivity index (χ1n) is 7.59. The largest absolute Gasteiger partial charge is 0.340 e. The first-order chi connectivity index (χ1) is 9.91. The molecule has 2 fully saturated rings. The van der Waals surface area contributed by atoms with Crippen LogP contribution in [-0.4, -0.2) is 92.6 Å². The summed E-state index contributed by atoms with van der Waals surface area (Å²) in [4.78, 5) is 16.3. The zero-order chi connectivity index (χ0) is 15.5. The molecule has 0 aromatic rings. The molecule has 0 bridgehead atoms. The van der Waals surface area contributed by atoms with Gasteiger partial charge in [-0.05, 0) is 25.9 Å². The van der Waals surface area contributed by atoms with Crippen molar-refractivity contribution in [3.8, 4) is 0 Å². The average molecular weight is 318 g/mol. The maximum Gasteiger partial charge on any atom is 0.281 e. The van der Waals surface area contributed by atoms with Crippen LogP contribution >= 0.6 is 0 Å². The number of hydrogen-bond acceptors (Lipinski definition) is 4. The van der Waals surface area contributed by atoms with E-state index < -0.39 is 10.2 Å². The molecule has 122 valence electrons. The molecular weight excluding hydrogens is 292 g/mol. The number of piperazine rings is 1. The van der Waals surface area contributed by atoms with E-state index in [4.69, 9.17) is 0 Å². The molecular formula is C13H26N4O3S. The Morgan fingerprint density at radius 2 is 1.57 bits per heavy atom. The Labute approximate surface area is 127 Å². The lowest BCUT2D eigenvalue weighted by Crippen LogP contribution is -2.53. The number of rotatable bonds is 5. The summed E-state index contributed by atoms with van der Waals surface area (Å²) in [5.74, 6) is 0.142. The van der Waals surface area contributed by atoms with E-state index in [9.17, 15) is 13.2 Å². The van der Waals surface area contributed by atoms with Crippen molar-refractivity contribution in [3.63, 3.8) is 0 Å². The highest BCUT2D eigenvalue weighted by Crippen LogP contribution is 2.12. The second-order valence-electron chi connectivity index (χ2n) is 5.87. The Kier molecular flexibility index (Phi) is 5.59. The first kappa shape index (κ1) is 16.7. The topological polar surface area (TPSA) is 64.2 Å². The Morgan fingerprint density at radius 1 is 1.00 bits per heavy atom. The van der Waals surface area contributed by atoms with E-state index in [0.717, 1.165) is 19.6 Å². The summed E-state index contributed by atoms with van der Waals surface area (Å²) in [7, 11) is -0.293. The van der Waals surface area contributed by atoms with Crippen molar-refractivity contribution >= 4 is 16.1 Å². The molecule has 0 radical (unpaired) electrons. The second kappa shape index (κ2) is 7.04. The van der Waals surface area contributed by atoms with Crippen LogP contribution in [0.25, 0.3) is 0 Å². The van der Waals surface area contributed by atoms with Gasteiger partial charge in [0.15, 0.2) is 0 Å². The van der Waals surface area contributed by atoms with Crippen molar-refractivity contribution in [1.29, 1.82) is 0 Å². The molecule has 2 rings (SSSR count). The summed E-state index contributed by atoms with van der Waals surface area (Å²) in [5, 5.41) is 0. The van der Waals surface area contributed by atoms with Gasteiger partial charge < -0.3 is 9.80 Å². The lowest BCUT2D eigenvalue weighted by atomic mass is 10.3. The normalized spacial score (nSPS) is 22.1. The maximum absolute atomic E-state index is 12.2. The Hall–Kier alpha value is -0.700. The molecule has 0 spiro atoms. The predicted octanol–water partition coefficient (Wildman–Crippen LogP) is -0.577. The highest BCUT2D eigenvalue weighted by molar-refractivity contribution is 7.86. The van der Waals surface area contributed by atoms with E-state index in [-0.39, 0.29) is 5.91 Å². The average Bonchev–Trinajstić information content (AvgIpc) is 2.98. The van der Waals surface area contributed by atoms with Gasteiger partial charge in [0.25, 0.3) is 10.2 Å². The van der Waals surface area contributed by atoms with Gasteiger partial charge in [-0.25, -0.2) is 0 Å². The zero-order valence-electron chi connectivity index (χ0n) is 13.0. The summed E-state index contributed by atoms with van der Waals surface area (Å²) < 4.78 is 26.7. The number of carbonyl (C=O) groups is 1. The predicted molar refractivity (Wildman–Crippen MR) is 81.1 cm³/mol. The van der Waals surface area contributed by atoms with Gasteiger partial charge >= 0.3 is 0 Å². The molecule has 1 amide bonds. The standard InChI is InChI=1S/C13H26N4O3S/c1-14(2)21(19,20)17-11-9-16(10-12-17)13(18)5-8-15-6-3-4-7-15/h3-12H2,1-2H3. The molecule has 0 aromatic carbocycles. The van der Waals surface area contributed by atoms with Gasteiger partial charge in [0.1, 0.15) is 0 Å². The Bertz CT molecular complexity index is 452. The second-order valence-corrected chi connectivity index (χ2v) is 8.01. The summed E-state index contributed by atoms with van der Waals surface area (Å²) >= 11 is 0. The number of likely N-dealkylation sites (tertiary alicyclic amines) is 1. The van der Waals surface area contributed by atoms with Crippen molar-refractivity contribution in [2.24, 2.45) is 0 Å². The monoisotopic (exact) mass is 318 g/mol. The summed E-state index contributed by atoms with van der Waals surface area (Å²) in [5.41, 5.74) is 0. The molecule has 0 unspecified atom stereocenters. The van der Waals surface area contributed by atoms with Crippen molar-refractivity contribution < 1.29 is 13.2 Å². The van der Waals surface area contributed by atoms with Gasteiger partial charge in [0, 0.05) is 53.2 Å². The van der Waals surface area contributed by atoms with Crippen LogP contribution < -0.4 is 0 Å². The number of carbonyl (C=O) groups excluding carboxylic acids is 1. The summed E-state index contributed by atoms with van der Waals surface area (Å²) in [6.07, 6.45) is 3.00. The molecule has 0 saturated carbocycles. The third-order valence-electron chi connectivity index (χ3n) is 4.22. The zero-order valence-corrected chi connectivity index (χ0v) is 13.8. The number of amides is 1. The molecule has 2 aliphatic rings.